The lowest BCUT2D eigenvalue weighted by Crippen LogP contribution is -2.29. The lowest BCUT2D eigenvalue weighted by atomic mass is 10.1. The van der Waals surface area contributed by atoms with Gasteiger partial charge < -0.3 is 10.1 Å². The molecule has 0 atom stereocenters. The minimum atomic E-state index is -5.02. The number of thioether (sulfide) groups is 1. The number of carbonyl (C=O) groups excluding carboxylic acids is 2. The van der Waals surface area contributed by atoms with Crippen LogP contribution in [0.4, 0.5) is 27.6 Å². The number of ketones is 1. The van der Waals surface area contributed by atoms with Crippen molar-refractivity contribution in [3.63, 3.8) is 0 Å². The van der Waals surface area contributed by atoms with Gasteiger partial charge in [-0.15, -0.1) is 0 Å². The Balaban J connectivity index is 2.15. The maximum absolute atomic E-state index is 12.5. The van der Waals surface area contributed by atoms with Crippen LogP contribution in [0.15, 0.2) is 53.4 Å². The molecule has 1 N–H and O–H groups in total. The summed E-state index contributed by atoms with van der Waals surface area (Å²) < 4.78 is 67.0. The number of halogens is 5. The zero-order valence-electron chi connectivity index (χ0n) is 14.8. The molecule has 0 fully saturated rings. The first-order valence-electron chi connectivity index (χ1n) is 7.93. The van der Waals surface area contributed by atoms with Gasteiger partial charge in [-0.2, -0.15) is 22.0 Å². The van der Waals surface area contributed by atoms with Gasteiger partial charge in [-0.05, 0) is 42.0 Å². The largest absolute Gasteiger partial charge is 0.496 e. The fourth-order valence-corrected chi connectivity index (χ4v) is 2.80. The molecule has 2 aromatic carbocycles. The molecule has 0 aromatic heterocycles. The number of hydrogen-bond acceptors (Lipinski definition) is 4. The zero-order valence-corrected chi connectivity index (χ0v) is 15.6. The lowest BCUT2D eigenvalue weighted by molar-refractivity contribution is -0.167. The topological polar surface area (TPSA) is 55.4 Å². The Morgan fingerprint density at radius 3 is 2.48 bits per heavy atom. The summed E-state index contributed by atoms with van der Waals surface area (Å²) in [5, 5.41) is 1.72. The van der Waals surface area contributed by atoms with Crippen molar-refractivity contribution in [1.82, 2.24) is 0 Å². The monoisotopic (exact) mass is 431 g/mol. The number of amides is 1. The van der Waals surface area contributed by atoms with Gasteiger partial charge in [-0.3, -0.25) is 9.59 Å². The van der Waals surface area contributed by atoms with Crippen LogP contribution in [-0.4, -0.2) is 30.7 Å². The van der Waals surface area contributed by atoms with E-state index >= 15 is 0 Å². The molecule has 0 aliphatic rings. The molecule has 0 spiro atoms. The van der Waals surface area contributed by atoms with E-state index in [9.17, 15) is 31.5 Å². The highest BCUT2D eigenvalue weighted by Gasteiger charge is 2.38. The molecule has 10 heteroatoms. The van der Waals surface area contributed by atoms with Crippen LogP contribution in [0, 0.1) is 0 Å². The first-order valence-corrected chi connectivity index (χ1v) is 8.81. The molecule has 0 heterocycles. The first kappa shape index (κ1) is 22.4. The van der Waals surface area contributed by atoms with Crippen LogP contribution in [0.2, 0.25) is 0 Å². The summed E-state index contributed by atoms with van der Waals surface area (Å²) >= 11 is 0.286. The van der Waals surface area contributed by atoms with Gasteiger partial charge >= 0.3 is 12.1 Å². The van der Waals surface area contributed by atoms with Crippen molar-refractivity contribution < 1.29 is 36.3 Å². The van der Waals surface area contributed by atoms with Crippen molar-refractivity contribution >= 4 is 35.2 Å². The quantitative estimate of drug-likeness (QED) is 0.276. The Hall–Kier alpha value is -2.88. The van der Waals surface area contributed by atoms with Crippen LogP contribution in [0.25, 0.3) is 6.08 Å². The zero-order chi connectivity index (χ0) is 21.6. The minimum Gasteiger partial charge on any atom is -0.496 e. The Bertz CT molecular complexity index is 928. The Kier molecular flexibility index (Phi) is 7.38. The molecule has 2 rings (SSSR count). The van der Waals surface area contributed by atoms with Crippen LogP contribution >= 0.6 is 11.8 Å². The molecule has 2 aromatic rings. The van der Waals surface area contributed by atoms with E-state index in [1.54, 1.807) is 5.32 Å². The Labute approximate surface area is 166 Å². The third-order valence-electron chi connectivity index (χ3n) is 3.49. The average Bonchev–Trinajstić information content (AvgIpc) is 2.65. The van der Waals surface area contributed by atoms with Crippen LogP contribution < -0.4 is 10.1 Å². The molecule has 0 aliphatic heterocycles. The minimum absolute atomic E-state index is 0.0861. The molecule has 0 saturated carbocycles. The molecular formula is C19H14F5NO3S. The highest BCUT2D eigenvalue weighted by atomic mass is 32.2. The van der Waals surface area contributed by atoms with E-state index in [0.717, 1.165) is 0 Å². The standard InChI is InChI=1S/C19H14F5NO3S/c1-28-15-10-12(6-8-16(15)29-18(20)21)14(26)7-5-11-3-2-4-13(9-11)25-17(27)19(22,23)24/h2-10,18H,1H3,(H,25,27). The molecule has 0 saturated heterocycles. The summed E-state index contributed by atoms with van der Waals surface area (Å²) in [6.07, 6.45) is -2.51. The third kappa shape index (κ3) is 6.60. The summed E-state index contributed by atoms with van der Waals surface area (Å²) in [5.41, 5.74) is 0.463. The van der Waals surface area contributed by atoms with Crippen molar-refractivity contribution in [1.29, 1.82) is 0 Å². The number of carbonyl (C=O) groups is 2. The predicted molar refractivity (Wildman–Crippen MR) is 99.3 cm³/mol. The van der Waals surface area contributed by atoms with Gasteiger partial charge in [-0.25, -0.2) is 0 Å². The maximum atomic E-state index is 12.5. The van der Waals surface area contributed by atoms with Crippen molar-refractivity contribution in [2.75, 3.05) is 12.4 Å². The SMILES string of the molecule is COc1cc(C(=O)C=Cc2cccc(NC(=O)C(F)(F)F)c2)ccc1SC(F)F. The van der Waals surface area contributed by atoms with E-state index in [4.69, 9.17) is 4.74 Å². The lowest BCUT2D eigenvalue weighted by Gasteiger charge is -2.09. The fraction of sp³-hybridized carbons (Fsp3) is 0.158. The number of methoxy groups -OCH3 is 1. The van der Waals surface area contributed by atoms with Crippen molar-refractivity contribution in [2.24, 2.45) is 0 Å². The average molecular weight is 431 g/mol. The third-order valence-corrected chi connectivity index (χ3v) is 4.26. The molecule has 29 heavy (non-hydrogen) atoms. The van der Waals surface area contributed by atoms with Crippen molar-refractivity contribution in [3.05, 3.63) is 59.7 Å². The van der Waals surface area contributed by atoms with E-state index in [2.05, 4.69) is 0 Å². The van der Waals surface area contributed by atoms with Crippen LogP contribution in [0.1, 0.15) is 15.9 Å². The highest BCUT2D eigenvalue weighted by molar-refractivity contribution is 7.99. The summed E-state index contributed by atoms with van der Waals surface area (Å²) in [6, 6.07) is 9.48. The number of allylic oxidation sites excluding steroid dienone is 1. The smallest absolute Gasteiger partial charge is 0.471 e. The van der Waals surface area contributed by atoms with E-state index in [0.29, 0.717) is 5.56 Å². The number of hydrogen-bond donors (Lipinski definition) is 1. The molecule has 154 valence electrons. The number of nitrogens with one attached hydrogen (secondary N) is 1. The predicted octanol–water partition coefficient (Wildman–Crippen LogP) is 5.41. The summed E-state index contributed by atoms with van der Waals surface area (Å²) in [7, 11) is 1.29. The first-order chi connectivity index (χ1) is 13.6. The summed E-state index contributed by atoms with van der Waals surface area (Å²) in [6.45, 7) is 0. The Morgan fingerprint density at radius 2 is 1.86 bits per heavy atom. The number of benzene rings is 2. The second kappa shape index (κ2) is 9.55. The molecular weight excluding hydrogens is 417 g/mol. The second-order valence-electron chi connectivity index (χ2n) is 5.52. The number of rotatable bonds is 7. The number of alkyl halides is 5. The second-order valence-corrected chi connectivity index (χ2v) is 6.55. The van der Waals surface area contributed by atoms with Gasteiger partial charge in [0.15, 0.2) is 5.78 Å². The van der Waals surface area contributed by atoms with Gasteiger partial charge in [0.05, 0.1) is 12.0 Å². The van der Waals surface area contributed by atoms with Gasteiger partial charge in [-0.1, -0.05) is 30.0 Å². The number of anilines is 1. The highest BCUT2D eigenvalue weighted by Crippen LogP contribution is 2.34. The maximum Gasteiger partial charge on any atom is 0.471 e. The normalized spacial score (nSPS) is 11.7. The van der Waals surface area contributed by atoms with Crippen molar-refractivity contribution in [3.8, 4) is 5.75 Å². The van der Waals surface area contributed by atoms with Crippen LogP contribution in [0.5, 0.6) is 5.75 Å². The van der Waals surface area contributed by atoms with E-state index in [-0.39, 0.29) is 33.7 Å². The molecule has 4 nitrogen and oxygen atoms in total. The number of ether oxygens (including phenoxy) is 1. The van der Waals surface area contributed by atoms with Crippen LogP contribution in [-0.2, 0) is 4.79 Å². The van der Waals surface area contributed by atoms with E-state index in [1.165, 1.54) is 61.7 Å². The molecule has 0 unspecified atom stereocenters. The van der Waals surface area contributed by atoms with Gasteiger partial charge in [0.25, 0.3) is 5.76 Å². The van der Waals surface area contributed by atoms with Gasteiger partial charge in [0, 0.05) is 11.3 Å². The molecule has 0 bridgehead atoms. The fourth-order valence-electron chi connectivity index (χ4n) is 2.20. The van der Waals surface area contributed by atoms with Crippen LogP contribution in [0.3, 0.4) is 0 Å². The van der Waals surface area contributed by atoms with Crippen molar-refractivity contribution in [2.45, 2.75) is 16.8 Å². The van der Waals surface area contributed by atoms with E-state index in [1.807, 2.05) is 0 Å². The Morgan fingerprint density at radius 1 is 1.14 bits per heavy atom. The molecule has 0 aliphatic carbocycles. The van der Waals surface area contributed by atoms with Gasteiger partial charge in [0.1, 0.15) is 5.75 Å². The van der Waals surface area contributed by atoms with E-state index < -0.39 is 23.6 Å². The van der Waals surface area contributed by atoms with Gasteiger partial charge in [0.2, 0.25) is 0 Å². The molecule has 1 amide bonds. The summed E-state index contributed by atoms with van der Waals surface area (Å²) in [5.74, 6) is -5.10. The molecule has 0 radical (unpaired) electrons. The summed E-state index contributed by atoms with van der Waals surface area (Å²) in [4.78, 5) is 23.5.